The number of unbranched alkanes of at least 4 members (excludes halogenated alkanes) is 1. The Kier molecular flexibility index (Phi) is 5.33. The molecule has 5 nitrogen and oxygen atoms in total. The summed E-state index contributed by atoms with van der Waals surface area (Å²) >= 11 is 0. The maximum atomic E-state index is 12.4. The Morgan fingerprint density at radius 2 is 2.19 bits per heavy atom. The van der Waals surface area contributed by atoms with Crippen molar-refractivity contribution in [2.45, 2.75) is 44.7 Å². The molecule has 0 aromatic heterocycles. The smallest absolute Gasteiger partial charge is 0.326 e. The van der Waals surface area contributed by atoms with Crippen molar-refractivity contribution in [2.24, 2.45) is 0 Å². The molecule has 1 aromatic carbocycles. The fourth-order valence-corrected chi connectivity index (χ4v) is 2.67. The zero-order chi connectivity index (χ0) is 15.2. The van der Waals surface area contributed by atoms with Gasteiger partial charge in [0.1, 0.15) is 6.04 Å². The molecule has 0 fully saturated rings. The van der Waals surface area contributed by atoms with E-state index in [1.54, 1.807) is 0 Å². The van der Waals surface area contributed by atoms with E-state index in [-0.39, 0.29) is 11.8 Å². The van der Waals surface area contributed by atoms with Crippen LogP contribution in [0, 0.1) is 0 Å². The number of amides is 1. The molecule has 0 saturated carbocycles. The molecule has 3 N–H and O–H groups in total. The van der Waals surface area contributed by atoms with E-state index in [1.165, 1.54) is 0 Å². The molecule has 0 spiro atoms. The summed E-state index contributed by atoms with van der Waals surface area (Å²) in [5.41, 5.74) is 2.10. The first-order chi connectivity index (χ1) is 10.1. The lowest BCUT2D eigenvalue weighted by Crippen LogP contribution is -2.46. The molecule has 2 rings (SSSR count). The van der Waals surface area contributed by atoms with Gasteiger partial charge in [-0.25, -0.2) is 4.79 Å². The highest BCUT2D eigenvalue weighted by molar-refractivity contribution is 5.88. The number of carboxylic acids is 1. The Balaban J connectivity index is 2.08. The van der Waals surface area contributed by atoms with Gasteiger partial charge in [0, 0.05) is 13.1 Å². The minimum absolute atomic E-state index is 0.210. The number of hydrogen-bond acceptors (Lipinski definition) is 3. The number of carboxylic acid groups (broad SMARTS) is 1. The largest absolute Gasteiger partial charge is 0.480 e. The van der Waals surface area contributed by atoms with Gasteiger partial charge in [0.05, 0.1) is 5.92 Å². The minimum atomic E-state index is -0.964. The number of hydrogen-bond donors (Lipinski definition) is 3. The minimum Gasteiger partial charge on any atom is -0.480 e. The third-order valence-electron chi connectivity index (χ3n) is 3.87. The maximum Gasteiger partial charge on any atom is 0.326 e. The van der Waals surface area contributed by atoms with E-state index in [9.17, 15) is 14.7 Å². The molecule has 0 bridgehead atoms. The van der Waals surface area contributed by atoms with Crippen LogP contribution in [0.2, 0.25) is 0 Å². The van der Waals surface area contributed by atoms with E-state index in [0.717, 1.165) is 30.5 Å². The Morgan fingerprint density at radius 3 is 2.90 bits per heavy atom. The average molecular weight is 290 g/mol. The van der Waals surface area contributed by atoms with Crippen LogP contribution in [0.25, 0.3) is 0 Å². The molecule has 21 heavy (non-hydrogen) atoms. The van der Waals surface area contributed by atoms with Crippen molar-refractivity contribution in [1.82, 2.24) is 10.6 Å². The summed E-state index contributed by atoms with van der Waals surface area (Å²) in [4.78, 5) is 23.7. The molecule has 1 aliphatic rings. The summed E-state index contributed by atoms with van der Waals surface area (Å²) in [5, 5.41) is 15.1. The predicted molar refractivity (Wildman–Crippen MR) is 80.0 cm³/mol. The second-order valence-electron chi connectivity index (χ2n) is 5.42. The van der Waals surface area contributed by atoms with Gasteiger partial charge in [-0.05, 0) is 17.5 Å². The van der Waals surface area contributed by atoms with Gasteiger partial charge in [0.25, 0.3) is 0 Å². The molecule has 1 aliphatic heterocycles. The Morgan fingerprint density at radius 1 is 1.43 bits per heavy atom. The van der Waals surface area contributed by atoms with Gasteiger partial charge >= 0.3 is 5.97 Å². The summed E-state index contributed by atoms with van der Waals surface area (Å²) in [6.07, 6.45) is 2.17. The molecule has 0 radical (unpaired) electrons. The fourth-order valence-electron chi connectivity index (χ4n) is 2.67. The van der Waals surface area contributed by atoms with Gasteiger partial charge in [0.15, 0.2) is 0 Å². The lowest BCUT2D eigenvalue weighted by molar-refractivity contribution is -0.142. The molecule has 1 heterocycles. The van der Waals surface area contributed by atoms with Crippen molar-refractivity contribution < 1.29 is 14.7 Å². The molecule has 1 unspecified atom stereocenters. The number of rotatable bonds is 6. The molecule has 114 valence electrons. The van der Waals surface area contributed by atoms with Crippen LogP contribution in [-0.2, 0) is 16.1 Å². The predicted octanol–water partition coefficient (Wildman–Crippen LogP) is 1.63. The molecule has 1 aromatic rings. The number of nitrogens with one attached hydrogen (secondary N) is 2. The van der Waals surface area contributed by atoms with E-state index in [2.05, 4.69) is 10.6 Å². The van der Waals surface area contributed by atoms with Crippen LogP contribution < -0.4 is 10.6 Å². The molecule has 0 aliphatic carbocycles. The summed E-state index contributed by atoms with van der Waals surface area (Å²) < 4.78 is 0. The first-order valence-corrected chi connectivity index (χ1v) is 7.45. The van der Waals surface area contributed by atoms with Gasteiger partial charge < -0.3 is 15.7 Å². The van der Waals surface area contributed by atoms with Gasteiger partial charge in [-0.1, -0.05) is 44.0 Å². The zero-order valence-electron chi connectivity index (χ0n) is 12.3. The van der Waals surface area contributed by atoms with Crippen LogP contribution in [0.3, 0.4) is 0 Å². The highest BCUT2D eigenvalue weighted by Crippen LogP contribution is 2.24. The van der Waals surface area contributed by atoms with E-state index in [0.29, 0.717) is 13.0 Å². The second kappa shape index (κ2) is 7.22. The summed E-state index contributed by atoms with van der Waals surface area (Å²) in [6, 6.07) is 7.00. The van der Waals surface area contributed by atoms with Gasteiger partial charge in [0.2, 0.25) is 5.91 Å². The lowest BCUT2D eigenvalue weighted by atomic mass is 9.90. The van der Waals surface area contributed by atoms with E-state index < -0.39 is 12.0 Å². The highest BCUT2D eigenvalue weighted by atomic mass is 16.4. The third-order valence-corrected chi connectivity index (χ3v) is 3.87. The molecule has 0 saturated heterocycles. The number of carbonyl (C=O) groups excluding carboxylic acids is 1. The van der Waals surface area contributed by atoms with Crippen LogP contribution in [0.15, 0.2) is 24.3 Å². The van der Waals surface area contributed by atoms with Crippen molar-refractivity contribution in [3.63, 3.8) is 0 Å². The van der Waals surface area contributed by atoms with Crippen LogP contribution in [0.5, 0.6) is 0 Å². The molecular weight excluding hydrogens is 268 g/mol. The van der Waals surface area contributed by atoms with Crippen molar-refractivity contribution in [3.8, 4) is 0 Å². The normalized spacial score (nSPS) is 18.6. The number of aliphatic carboxylic acids is 1. The Hall–Kier alpha value is -1.88. The Labute approximate surface area is 124 Å². The van der Waals surface area contributed by atoms with Crippen LogP contribution in [0.4, 0.5) is 0 Å². The third kappa shape index (κ3) is 3.82. The average Bonchev–Trinajstić information content (AvgIpc) is 2.50. The summed E-state index contributed by atoms with van der Waals surface area (Å²) in [6.45, 7) is 3.29. The first kappa shape index (κ1) is 15.5. The van der Waals surface area contributed by atoms with Crippen LogP contribution >= 0.6 is 0 Å². The van der Waals surface area contributed by atoms with Crippen molar-refractivity contribution in [1.29, 1.82) is 0 Å². The fraction of sp³-hybridized carbons (Fsp3) is 0.500. The summed E-state index contributed by atoms with van der Waals surface area (Å²) in [7, 11) is 0. The Bertz CT molecular complexity index is 516. The first-order valence-electron chi connectivity index (χ1n) is 7.45. The van der Waals surface area contributed by atoms with E-state index >= 15 is 0 Å². The van der Waals surface area contributed by atoms with Gasteiger partial charge in [-0.3, -0.25) is 4.79 Å². The number of benzene rings is 1. The SMILES string of the molecule is CCCC[C@H](NC(=O)C1CNCc2ccccc21)C(=O)O. The molecular formula is C16H22N2O3. The molecule has 2 atom stereocenters. The zero-order valence-corrected chi connectivity index (χ0v) is 12.3. The quantitative estimate of drug-likeness (QED) is 0.744. The van der Waals surface area contributed by atoms with Crippen LogP contribution in [-0.4, -0.2) is 29.6 Å². The van der Waals surface area contributed by atoms with Gasteiger partial charge in [-0.2, -0.15) is 0 Å². The highest BCUT2D eigenvalue weighted by Gasteiger charge is 2.29. The monoisotopic (exact) mass is 290 g/mol. The number of carbonyl (C=O) groups is 2. The standard InChI is InChI=1S/C16H22N2O3/c1-2-3-8-14(16(20)21)18-15(19)13-10-17-9-11-6-4-5-7-12(11)13/h4-7,13-14,17H,2-3,8-10H2,1H3,(H,18,19)(H,20,21)/t13?,14-/m0/s1. The topological polar surface area (TPSA) is 78.4 Å². The lowest BCUT2D eigenvalue weighted by Gasteiger charge is -2.26. The van der Waals surface area contributed by atoms with Crippen molar-refractivity contribution in [2.75, 3.05) is 6.54 Å². The van der Waals surface area contributed by atoms with Crippen LogP contribution in [0.1, 0.15) is 43.2 Å². The van der Waals surface area contributed by atoms with Crippen molar-refractivity contribution in [3.05, 3.63) is 35.4 Å². The van der Waals surface area contributed by atoms with Crippen molar-refractivity contribution >= 4 is 11.9 Å². The number of fused-ring (bicyclic) bond motifs is 1. The maximum absolute atomic E-state index is 12.4. The van der Waals surface area contributed by atoms with E-state index in [1.807, 2.05) is 31.2 Å². The summed E-state index contributed by atoms with van der Waals surface area (Å²) in [5.74, 6) is -1.49. The molecule has 1 amide bonds. The molecule has 5 heteroatoms. The van der Waals surface area contributed by atoms with E-state index in [4.69, 9.17) is 0 Å². The van der Waals surface area contributed by atoms with Gasteiger partial charge in [-0.15, -0.1) is 0 Å². The second-order valence-corrected chi connectivity index (χ2v) is 5.42.